The van der Waals surface area contributed by atoms with E-state index in [0.29, 0.717) is 5.41 Å². The molecule has 0 radical (unpaired) electrons. The highest BCUT2D eigenvalue weighted by molar-refractivity contribution is 7.98. The second-order valence-corrected chi connectivity index (χ2v) is 10.5. The molecule has 0 unspecified atom stereocenters. The lowest BCUT2D eigenvalue weighted by molar-refractivity contribution is -0.0535. The summed E-state index contributed by atoms with van der Waals surface area (Å²) in [6, 6.07) is 8.26. The summed E-state index contributed by atoms with van der Waals surface area (Å²) in [6.45, 7) is 4.77. The molecule has 29 heavy (non-hydrogen) atoms. The van der Waals surface area contributed by atoms with Crippen molar-refractivity contribution >= 4 is 11.8 Å². The number of ether oxygens (including phenoxy) is 1. The Morgan fingerprint density at radius 1 is 1.17 bits per heavy atom. The maximum Gasteiger partial charge on any atom is 0.191 e. The molecule has 0 spiro atoms. The van der Waals surface area contributed by atoms with E-state index in [1.807, 2.05) is 18.2 Å². The lowest BCUT2D eigenvalue weighted by atomic mass is 9.49. The van der Waals surface area contributed by atoms with E-state index >= 15 is 0 Å². The number of benzene rings is 1. The number of methoxy groups -OCH3 is 1. The minimum atomic E-state index is 0.482. The van der Waals surface area contributed by atoms with E-state index in [4.69, 9.17) is 4.74 Å². The Morgan fingerprint density at radius 3 is 2.55 bits per heavy atom. The number of allylic oxidation sites excluding steroid dienone is 1. The van der Waals surface area contributed by atoms with Crippen molar-refractivity contribution in [1.82, 2.24) is 14.8 Å². The number of nitrogens with zero attached hydrogens (tertiary/aromatic N) is 3. The van der Waals surface area contributed by atoms with Gasteiger partial charge < -0.3 is 9.30 Å². The van der Waals surface area contributed by atoms with Crippen LogP contribution in [0.4, 0.5) is 0 Å². The summed E-state index contributed by atoms with van der Waals surface area (Å²) in [5.74, 6) is 5.85. The fourth-order valence-corrected chi connectivity index (χ4v) is 7.53. The van der Waals surface area contributed by atoms with Gasteiger partial charge >= 0.3 is 0 Å². The third-order valence-corrected chi connectivity index (χ3v) is 8.34. The second-order valence-electron chi connectivity index (χ2n) is 9.53. The lowest BCUT2D eigenvalue weighted by Gasteiger charge is -2.56. The molecule has 4 saturated carbocycles. The largest absolute Gasteiger partial charge is 0.497 e. The van der Waals surface area contributed by atoms with Gasteiger partial charge in [-0.25, -0.2) is 0 Å². The van der Waals surface area contributed by atoms with Gasteiger partial charge in [-0.3, -0.25) is 0 Å². The first-order valence-electron chi connectivity index (χ1n) is 10.9. The average Bonchev–Trinajstić information content (AvgIpc) is 3.06. The summed E-state index contributed by atoms with van der Waals surface area (Å²) in [5.41, 5.74) is 1.72. The molecule has 6 rings (SSSR count). The molecule has 4 fully saturated rings. The Morgan fingerprint density at radius 2 is 1.90 bits per heavy atom. The molecule has 0 atom stereocenters. The van der Waals surface area contributed by atoms with Gasteiger partial charge in [-0.2, -0.15) is 0 Å². The minimum absolute atomic E-state index is 0.482. The highest BCUT2D eigenvalue weighted by atomic mass is 32.2. The molecular weight excluding hydrogens is 378 g/mol. The van der Waals surface area contributed by atoms with Gasteiger partial charge in [0.25, 0.3) is 0 Å². The Kier molecular flexibility index (Phi) is 5.19. The van der Waals surface area contributed by atoms with Crippen LogP contribution in [0.5, 0.6) is 5.75 Å². The molecule has 0 aliphatic heterocycles. The number of hydrogen-bond acceptors (Lipinski definition) is 4. The summed E-state index contributed by atoms with van der Waals surface area (Å²) in [6.07, 6.45) is 11.8. The SMILES string of the molecule is C=CCn1c(CC23CC4CC(CC(C4)C2)C3)nnc1SCc1cccc(OC)c1. The normalized spacial score (nSPS) is 29.9. The molecule has 2 aromatic rings. The fraction of sp³-hybridized carbons (Fsp3) is 0.583. The Hall–Kier alpha value is -1.75. The average molecular weight is 410 g/mol. The Bertz CT molecular complexity index is 855. The molecule has 4 aliphatic carbocycles. The first-order chi connectivity index (χ1) is 14.2. The van der Waals surface area contributed by atoms with Gasteiger partial charge in [0.05, 0.1) is 7.11 Å². The van der Waals surface area contributed by atoms with Crippen LogP contribution in [0.15, 0.2) is 42.1 Å². The van der Waals surface area contributed by atoms with Crippen molar-refractivity contribution in [2.24, 2.45) is 23.2 Å². The zero-order chi connectivity index (χ0) is 19.8. The molecule has 1 heterocycles. The summed E-state index contributed by atoms with van der Waals surface area (Å²) in [4.78, 5) is 0. The van der Waals surface area contributed by atoms with E-state index in [9.17, 15) is 0 Å². The number of hydrogen-bond donors (Lipinski definition) is 0. The van der Waals surface area contributed by atoms with Gasteiger partial charge in [0.15, 0.2) is 5.16 Å². The van der Waals surface area contributed by atoms with Crippen LogP contribution in [0, 0.1) is 23.2 Å². The quantitative estimate of drug-likeness (QED) is 0.425. The van der Waals surface area contributed by atoms with Crippen molar-refractivity contribution in [3.05, 3.63) is 48.3 Å². The highest BCUT2D eigenvalue weighted by Gasteiger charge is 2.51. The van der Waals surface area contributed by atoms with Gasteiger partial charge in [-0.15, -0.1) is 16.8 Å². The van der Waals surface area contributed by atoms with Crippen LogP contribution in [-0.2, 0) is 18.7 Å². The number of aromatic nitrogens is 3. The van der Waals surface area contributed by atoms with Crippen molar-refractivity contribution in [1.29, 1.82) is 0 Å². The number of rotatable bonds is 8. The van der Waals surface area contributed by atoms with Crippen LogP contribution in [0.2, 0.25) is 0 Å². The molecule has 4 nitrogen and oxygen atoms in total. The molecular formula is C24H31N3OS. The monoisotopic (exact) mass is 409 g/mol. The molecule has 0 saturated heterocycles. The third kappa shape index (κ3) is 3.86. The molecule has 0 amide bonds. The highest BCUT2D eigenvalue weighted by Crippen LogP contribution is 2.61. The first kappa shape index (κ1) is 19.2. The van der Waals surface area contributed by atoms with Crippen molar-refractivity contribution in [3.63, 3.8) is 0 Å². The van der Waals surface area contributed by atoms with Gasteiger partial charge in [0.1, 0.15) is 11.6 Å². The van der Waals surface area contributed by atoms with E-state index < -0.39 is 0 Å². The van der Waals surface area contributed by atoms with E-state index in [-0.39, 0.29) is 0 Å². The van der Waals surface area contributed by atoms with Crippen LogP contribution in [0.3, 0.4) is 0 Å². The van der Waals surface area contributed by atoms with Crippen molar-refractivity contribution in [2.45, 2.75) is 62.4 Å². The fourth-order valence-electron chi connectivity index (χ4n) is 6.62. The van der Waals surface area contributed by atoms with Gasteiger partial charge in [-0.05, 0) is 79.4 Å². The topological polar surface area (TPSA) is 39.9 Å². The molecule has 5 heteroatoms. The van der Waals surface area contributed by atoms with Crippen LogP contribution < -0.4 is 4.74 Å². The summed E-state index contributed by atoms with van der Waals surface area (Å²) in [7, 11) is 1.71. The molecule has 1 aromatic carbocycles. The van der Waals surface area contributed by atoms with Crippen LogP contribution in [0.1, 0.15) is 49.9 Å². The molecule has 1 aromatic heterocycles. The second kappa shape index (κ2) is 7.82. The first-order valence-corrected chi connectivity index (χ1v) is 11.9. The van der Waals surface area contributed by atoms with E-state index in [0.717, 1.165) is 47.4 Å². The maximum atomic E-state index is 5.35. The molecule has 0 N–H and O–H groups in total. The summed E-state index contributed by atoms with van der Waals surface area (Å²) in [5, 5.41) is 10.3. The Balaban J connectivity index is 1.33. The zero-order valence-electron chi connectivity index (χ0n) is 17.3. The van der Waals surface area contributed by atoms with Crippen molar-refractivity contribution in [2.75, 3.05) is 7.11 Å². The lowest BCUT2D eigenvalue weighted by Crippen LogP contribution is -2.47. The van der Waals surface area contributed by atoms with Crippen molar-refractivity contribution in [3.8, 4) is 5.75 Å². The van der Waals surface area contributed by atoms with Crippen LogP contribution >= 0.6 is 11.8 Å². The van der Waals surface area contributed by atoms with Gasteiger partial charge in [-0.1, -0.05) is 30.0 Å². The zero-order valence-corrected chi connectivity index (χ0v) is 18.2. The van der Waals surface area contributed by atoms with Crippen LogP contribution in [-0.4, -0.2) is 21.9 Å². The molecule has 4 aliphatic rings. The van der Waals surface area contributed by atoms with Crippen LogP contribution in [0.25, 0.3) is 0 Å². The predicted octanol–water partition coefficient (Wildman–Crippen LogP) is 5.52. The predicted molar refractivity (Wildman–Crippen MR) is 117 cm³/mol. The summed E-state index contributed by atoms with van der Waals surface area (Å²) < 4.78 is 7.65. The number of thioether (sulfide) groups is 1. The van der Waals surface area contributed by atoms with E-state index in [1.165, 1.54) is 49.9 Å². The van der Waals surface area contributed by atoms with Gasteiger partial charge in [0, 0.05) is 18.7 Å². The maximum absolute atomic E-state index is 5.35. The van der Waals surface area contributed by atoms with Crippen molar-refractivity contribution < 1.29 is 4.74 Å². The molecule has 154 valence electrons. The third-order valence-electron chi connectivity index (χ3n) is 7.31. The smallest absolute Gasteiger partial charge is 0.191 e. The van der Waals surface area contributed by atoms with E-state index in [1.54, 1.807) is 18.9 Å². The Labute approximate surface area is 178 Å². The minimum Gasteiger partial charge on any atom is -0.497 e. The van der Waals surface area contributed by atoms with E-state index in [2.05, 4.69) is 33.5 Å². The molecule has 4 bridgehead atoms. The van der Waals surface area contributed by atoms with Gasteiger partial charge in [0.2, 0.25) is 0 Å². The standard InChI is InChI=1S/C24H31N3OS/c1-3-7-27-22(15-24-12-18-8-19(13-24)10-20(9-18)14-24)25-26-23(27)29-16-17-5-4-6-21(11-17)28-2/h3-6,11,18-20H,1,7-10,12-16H2,2H3. The summed E-state index contributed by atoms with van der Waals surface area (Å²) >= 11 is 1.76.